The van der Waals surface area contributed by atoms with Crippen molar-refractivity contribution in [3.63, 3.8) is 0 Å². The molecule has 0 aliphatic carbocycles. The third kappa shape index (κ3) is 75.6. The minimum Gasteiger partial charge on any atom is -0.477 e. The van der Waals surface area contributed by atoms with Crippen molar-refractivity contribution in [2.24, 2.45) is 0 Å². The fourth-order valence-electron chi connectivity index (χ4n) is 9.95. The Hall–Kier alpha value is -5.61. The van der Waals surface area contributed by atoms with Gasteiger partial charge in [-0.1, -0.05) is 318 Å². The van der Waals surface area contributed by atoms with Crippen molar-refractivity contribution >= 4 is 17.9 Å². The van der Waals surface area contributed by atoms with Crippen LogP contribution in [-0.4, -0.2) is 87.4 Å². The lowest BCUT2D eigenvalue weighted by Crippen LogP contribution is -2.40. The molecule has 0 heterocycles. The maximum atomic E-state index is 13.0. The van der Waals surface area contributed by atoms with Crippen molar-refractivity contribution < 1.29 is 42.9 Å². The van der Waals surface area contributed by atoms with Gasteiger partial charge in [-0.3, -0.25) is 9.59 Å². The molecular weight excluding hydrogens is 1170 g/mol. The molecule has 0 spiro atoms. The number of carbonyl (C=O) groups is 3. The lowest BCUT2D eigenvalue weighted by atomic mass is 10.0. The Morgan fingerprint density at radius 2 is 0.568 bits per heavy atom. The molecule has 0 fully saturated rings. The number of ether oxygens (including phenoxy) is 4. The van der Waals surface area contributed by atoms with Crippen LogP contribution in [0, 0.1) is 0 Å². The molecule has 536 valence electrons. The highest BCUT2D eigenvalue weighted by Crippen LogP contribution is 2.17. The quantitative estimate of drug-likeness (QED) is 0.0211. The number of carboxylic acids is 1. The summed E-state index contributed by atoms with van der Waals surface area (Å²) >= 11 is 0. The SMILES string of the molecule is CC/C=C\C/C=C\C/C=C\C/C=C\C/C=C\C/C=C\C/C=C\C/C=C\C/C=C\CCCCCCCCCCCCCC(=O)OC(COC(=O)CCCCCCCCCCCCCC/C=C\C/C=C\C/C=C\C/C=C\C/C=C\C/C=C\CC)COC(OCC[N+](C)(C)C)C(=O)O. The fourth-order valence-corrected chi connectivity index (χ4v) is 9.95. The Morgan fingerprint density at radius 1 is 0.316 bits per heavy atom. The molecule has 9 heteroatoms. The predicted molar refractivity (Wildman–Crippen MR) is 409 cm³/mol. The highest BCUT2D eigenvalue weighted by molar-refractivity contribution is 5.71. The molecule has 1 N–H and O–H groups in total. The molecule has 0 radical (unpaired) electrons. The second-order valence-corrected chi connectivity index (χ2v) is 25.8. The number of esters is 2. The van der Waals surface area contributed by atoms with Gasteiger partial charge in [-0.25, -0.2) is 4.79 Å². The summed E-state index contributed by atoms with van der Waals surface area (Å²) in [6, 6.07) is 0. The van der Waals surface area contributed by atoms with Crippen molar-refractivity contribution in [2.45, 2.75) is 296 Å². The number of unbranched alkanes of at least 4 members (excludes halogenated alkanes) is 23. The highest BCUT2D eigenvalue weighted by Gasteiger charge is 2.25. The first-order valence-corrected chi connectivity index (χ1v) is 37.9. The lowest BCUT2D eigenvalue weighted by molar-refractivity contribution is -0.870. The fraction of sp³-hybridized carbons (Fsp3) is 0.616. The number of hydrogen-bond donors (Lipinski definition) is 1. The summed E-state index contributed by atoms with van der Waals surface area (Å²) in [7, 11) is 5.97. The van der Waals surface area contributed by atoms with E-state index >= 15 is 0 Å². The van der Waals surface area contributed by atoms with Crippen LogP contribution in [0.15, 0.2) is 182 Å². The smallest absolute Gasteiger partial charge is 0.361 e. The van der Waals surface area contributed by atoms with E-state index in [1.165, 1.54) is 109 Å². The number of likely N-dealkylation sites (N-methyl/N-ethyl adjacent to an activating group) is 1. The number of nitrogens with zero attached hydrogens (tertiary/aromatic N) is 1. The molecule has 0 aromatic heterocycles. The minimum absolute atomic E-state index is 0.179. The average molecular weight is 1320 g/mol. The van der Waals surface area contributed by atoms with Crippen LogP contribution in [0.1, 0.15) is 284 Å². The van der Waals surface area contributed by atoms with Gasteiger partial charge in [-0.05, 0) is 135 Å². The van der Waals surface area contributed by atoms with Crippen LogP contribution in [0.2, 0.25) is 0 Å². The number of allylic oxidation sites excluding steroid dienone is 30. The van der Waals surface area contributed by atoms with E-state index in [1.807, 2.05) is 21.1 Å². The monoisotopic (exact) mass is 1320 g/mol. The summed E-state index contributed by atoms with van der Waals surface area (Å²) in [4.78, 5) is 37.7. The zero-order valence-corrected chi connectivity index (χ0v) is 61.3. The first kappa shape index (κ1) is 89.4. The Kier molecular flexibility index (Phi) is 69.8. The van der Waals surface area contributed by atoms with Crippen LogP contribution in [0.4, 0.5) is 0 Å². The highest BCUT2D eigenvalue weighted by atomic mass is 16.7. The van der Waals surface area contributed by atoms with Gasteiger partial charge in [0, 0.05) is 12.8 Å². The molecule has 0 saturated carbocycles. The van der Waals surface area contributed by atoms with Crippen molar-refractivity contribution in [1.82, 2.24) is 0 Å². The molecule has 2 unspecified atom stereocenters. The van der Waals surface area contributed by atoms with Crippen molar-refractivity contribution in [3.05, 3.63) is 182 Å². The summed E-state index contributed by atoms with van der Waals surface area (Å²) in [5, 5.41) is 9.77. The van der Waals surface area contributed by atoms with Crippen molar-refractivity contribution in [2.75, 3.05) is 47.5 Å². The van der Waals surface area contributed by atoms with E-state index in [2.05, 4.69) is 196 Å². The minimum atomic E-state index is -1.52. The molecule has 95 heavy (non-hydrogen) atoms. The first-order chi connectivity index (χ1) is 46.6. The largest absolute Gasteiger partial charge is 0.477 e. The van der Waals surface area contributed by atoms with E-state index in [9.17, 15) is 19.5 Å². The molecule has 0 amide bonds. The normalized spacial score (nSPS) is 13.7. The van der Waals surface area contributed by atoms with E-state index in [4.69, 9.17) is 18.9 Å². The van der Waals surface area contributed by atoms with Gasteiger partial charge in [-0.15, -0.1) is 0 Å². The third-order valence-corrected chi connectivity index (χ3v) is 15.7. The third-order valence-electron chi connectivity index (χ3n) is 15.7. The summed E-state index contributed by atoms with van der Waals surface area (Å²) in [6.07, 6.45) is 110. The standard InChI is InChI=1S/C86H139NO8/c1-6-8-10-12-14-16-18-20-22-24-26-28-30-32-34-36-38-39-40-41-42-43-44-45-47-49-51-53-55-57-59-61-63-65-67-69-71-73-75-77-84(89)95-82(81-94-86(85(90)91)92-79-78-87(3,4)5)80-93-83(88)76-74-72-70-68-66-64-62-60-58-56-54-52-50-48-46-37-35-33-31-29-27-25-23-21-19-17-15-13-11-9-7-2/h8-11,14-17,20-23,26-29,32-35,38-39,41-42,44-46,48-49,51,82,86H,6-7,12-13,18-19,24-25,30-31,36-37,40,43,47,50,52-81H2,1-5H3/p+1/b10-8-,11-9-,16-14-,17-15-,22-20-,23-21-,28-26-,29-27-,34-32-,35-33-,39-38-,42-41-,45-44-,48-46-,51-49-. The van der Waals surface area contributed by atoms with E-state index in [0.717, 1.165) is 141 Å². The zero-order valence-electron chi connectivity index (χ0n) is 61.3. The Labute approximate surface area is 583 Å². The maximum Gasteiger partial charge on any atom is 0.361 e. The van der Waals surface area contributed by atoms with Crippen molar-refractivity contribution in [3.8, 4) is 0 Å². The predicted octanol–water partition coefficient (Wildman–Crippen LogP) is 24.4. The van der Waals surface area contributed by atoms with Gasteiger partial charge in [0.15, 0.2) is 6.10 Å². The van der Waals surface area contributed by atoms with E-state index in [-0.39, 0.29) is 38.6 Å². The molecule has 0 rings (SSSR count). The number of rotatable bonds is 68. The number of carbonyl (C=O) groups excluding carboxylic acids is 2. The Balaban J connectivity index is 4.14. The van der Waals surface area contributed by atoms with Gasteiger partial charge in [-0.2, -0.15) is 0 Å². The Bertz CT molecular complexity index is 2220. The van der Waals surface area contributed by atoms with Gasteiger partial charge >= 0.3 is 17.9 Å². The van der Waals surface area contributed by atoms with Crippen LogP contribution < -0.4 is 0 Å². The zero-order chi connectivity index (χ0) is 69.0. The van der Waals surface area contributed by atoms with Gasteiger partial charge in [0.05, 0.1) is 34.4 Å². The van der Waals surface area contributed by atoms with Crippen LogP contribution in [0.3, 0.4) is 0 Å². The van der Waals surface area contributed by atoms with Crippen LogP contribution in [0.5, 0.6) is 0 Å². The summed E-state index contributed by atoms with van der Waals surface area (Å²) in [5.41, 5.74) is 0. The van der Waals surface area contributed by atoms with Crippen LogP contribution in [0.25, 0.3) is 0 Å². The molecule has 0 saturated heterocycles. The van der Waals surface area contributed by atoms with Gasteiger partial charge < -0.3 is 28.5 Å². The topological polar surface area (TPSA) is 108 Å². The lowest BCUT2D eigenvalue weighted by Gasteiger charge is -2.25. The van der Waals surface area contributed by atoms with E-state index in [0.29, 0.717) is 17.4 Å². The number of quaternary nitrogens is 1. The second-order valence-electron chi connectivity index (χ2n) is 25.8. The molecule has 0 aromatic rings. The van der Waals surface area contributed by atoms with Crippen LogP contribution in [-0.2, 0) is 33.3 Å². The molecule has 0 aliphatic heterocycles. The van der Waals surface area contributed by atoms with Crippen LogP contribution >= 0.6 is 0 Å². The second kappa shape index (κ2) is 74.2. The summed E-state index contributed by atoms with van der Waals surface area (Å²) in [5.74, 6) is -2.02. The molecular formula is C86H140NO8+. The van der Waals surface area contributed by atoms with E-state index < -0.39 is 24.3 Å². The number of aliphatic carboxylic acids is 1. The Morgan fingerprint density at radius 3 is 0.842 bits per heavy atom. The molecule has 2 atom stereocenters. The van der Waals surface area contributed by atoms with Crippen molar-refractivity contribution in [1.29, 1.82) is 0 Å². The first-order valence-electron chi connectivity index (χ1n) is 37.9. The molecule has 0 aromatic carbocycles. The number of carboxylic acid groups (broad SMARTS) is 1. The van der Waals surface area contributed by atoms with Gasteiger partial charge in [0.25, 0.3) is 6.29 Å². The molecule has 9 nitrogen and oxygen atoms in total. The average Bonchev–Trinajstić information content (AvgIpc) is 2.92. The van der Waals surface area contributed by atoms with Gasteiger partial charge in [0.1, 0.15) is 13.2 Å². The molecule has 0 aliphatic rings. The summed E-state index contributed by atoms with van der Waals surface area (Å²) < 4.78 is 23.0. The maximum absolute atomic E-state index is 13.0. The number of hydrogen-bond acceptors (Lipinski definition) is 7. The molecule has 0 bridgehead atoms. The van der Waals surface area contributed by atoms with E-state index in [1.54, 1.807) is 0 Å². The van der Waals surface area contributed by atoms with Gasteiger partial charge in [0.2, 0.25) is 0 Å². The summed E-state index contributed by atoms with van der Waals surface area (Å²) in [6.45, 7) is 4.64.